The number of nitrogens with zero attached hydrogens (tertiary/aromatic N) is 2. The van der Waals surface area contributed by atoms with Crippen molar-refractivity contribution in [2.75, 3.05) is 0 Å². The highest BCUT2D eigenvalue weighted by molar-refractivity contribution is 6.74. The van der Waals surface area contributed by atoms with Gasteiger partial charge in [0.25, 0.3) is 5.91 Å². The highest BCUT2D eigenvalue weighted by atomic mass is 28.4. The monoisotopic (exact) mass is 378 g/mol. The molecule has 2 heterocycles. The molecule has 7 heteroatoms. The first-order valence-corrected chi connectivity index (χ1v) is 11.8. The summed E-state index contributed by atoms with van der Waals surface area (Å²) in [6.07, 6.45) is 1.98. The van der Waals surface area contributed by atoms with Crippen LogP contribution in [0.1, 0.15) is 53.1 Å². The number of pyridine rings is 1. The molecular formula is C19H30N2O4Si. The van der Waals surface area contributed by atoms with Gasteiger partial charge >= 0.3 is 6.09 Å². The summed E-state index contributed by atoms with van der Waals surface area (Å²) in [5.41, 5.74) is 0.139. The third-order valence-corrected chi connectivity index (χ3v) is 9.37. The molecule has 1 aromatic heterocycles. The van der Waals surface area contributed by atoms with Crippen LogP contribution in [0.5, 0.6) is 0 Å². The number of carbonyl (C=O) groups excluding carboxylic acids is 2. The van der Waals surface area contributed by atoms with Gasteiger partial charge in [0.1, 0.15) is 11.6 Å². The summed E-state index contributed by atoms with van der Waals surface area (Å²) in [5, 5.41) is -0.0393. The van der Waals surface area contributed by atoms with Gasteiger partial charge in [-0.1, -0.05) is 20.8 Å². The van der Waals surface area contributed by atoms with E-state index in [-0.39, 0.29) is 10.9 Å². The van der Waals surface area contributed by atoms with Crippen molar-refractivity contribution in [3.05, 3.63) is 30.1 Å². The molecule has 0 saturated carbocycles. The van der Waals surface area contributed by atoms with Crippen LogP contribution in [0, 0.1) is 0 Å². The quantitative estimate of drug-likeness (QED) is 0.580. The fraction of sp³-hybridized carbons (Fsp3) is 0.632. The van der Waals surface area contributed by atoms with Gasteiger partial charge in [-0.05, 0) is 56.6 Å². The van der Waals surface area contributed by atoms with Crippen molar-refractivity contribution in [2.45, 2.75) is 77.4 Å². The van der Waals surface area contributed by atoms with E-state index in [9.17, 15) is 9.59 Å². The molecule has 1 aliphatic rings. The average molecular weight is 379 g/mol. The maximum Gasteiger partial charge on any atom is 0.417 e. The Kier molecular flexibility index (Phi) is 5.36. The minimum atomic E-state index is -2.18. The van der Waals surface area contributed by atoms with Crippen LogP contribution in [0.25, 0.3) is 0 Å². The summed E-state index contributed by atoms with van der Waals surface area (Å²) in [6.45, 7) is 15.9. The molecule has 0 unspecified atom stereocenters. The molecule has 0 spiro atoms. The van der Waals surface area contributed by atoms with Gasteiger partial charge in [0, 0.05) is 12.4 Å². The number of carbonyl (C=O) groups is 2. The molecule has 2 amide bonds. The van der Waals surface area contributed by atoms with Crippen molar-refractivity contribution >= 4 is 20.3 Å². The minimum absolute atomic E-state index is 0.0393. The standard InChI is InChI=1S/C19H30N2O4Si/c1-18(2,3)24-17(23)21-14(13-9-11-20-12-10-13)15(16(21)22)25-26(7,8)19(4,5)6/h9-12,14-15H,1-8H3/t14-,15+/m0/s1. The fourth-order valence-electron chi connectivity index (χ4n) is 2.47. The predicted molar refractivity (Wildman–Crippen MR) is 102 cm³/mol. The molecule has 0 N–H and O–H groups in total. The summed E-state index contributed by atoms with van der Waals surface area (Å²) in [6, 6.07) is 3.11. The Morgan fingerprint density at radius 1 is 1.12 bits per heavy atom. The second kappa shape index (κ2) is 6.77. The second-order valence-electron chi connectivity index (χ2n) is 9.21. The number of β-lactam (4-membered cyclic amide) rings is 1. The lowest BCUT2D eigenvalue weighted by atomic mass is 9.92. The molecule has 26 heavy (non-hydrogen) atoms. The van der Waals surface area contributed by atoms with E-state index >= 15 is 0 Å². The van der Waals surface area contributed by atoms with Crippen LogP contribution in [0.15, 0.2) is 24.5 Å². The molecule has 0 aliphatic carbocycles. The van der Waals surface area contributed by atoms with Crippen molar-refractivity contribution in [2.24, 2.45) is 0 Å². The Labute approximate surface area is 157 Å². The van der Waals surface area contributed by atoms with Crippen LogP contribution >= 0.6 is 0 Å². The molecule has 1 aromatic rings. The number of imide groups is 1. The first kappa shape index (κ1) is 20.6. The Hall–Kier alpha value is -1.73. The largest absolute Gasteiger partial charge is 0.443 e. The summed E-state index contributed by atoms with van der Waals surface area (Å²) < 4.78 is 11.8. The van der Waals surface area contributed by atoms with E-state index in [0.29, 0.717) is 0 Å². The summed E-state index contributed by atoms with van der Waals surface area (Å²) in [4.78, 5) is 30.5. The summed E-state index contributed by atoms with van der Waals surface area (Å²) >= 11 is 0. The molecule has 6 nitrogen and oxygen atoms in total. The zero-order valence-electron chi connectivity index (χ0n) is 17.0. The van der Waals surface area contributed by atoms with Crippen LogP contribution < -0.4 is 0 Å². The average Bonchev–Trinajstić information content (AvgIpc) is 2.47. The highest BCUT2D eigenvalue weighted by Gasteiger charge is 2.56. The highest BCUT2D eigenvalue weighted by Crippen LogP contribution is 2.44. The van der Waals surface area contributed by atoms with E-state index in [2.05, 4.69) is 38.8 Å². The van der Waals surface area contributed by atoms with E-state index in [4.69, 9.17) is 9.16 Å². The maximum atomic E-state index is 12.8. The molecular weight excluding hydrogens is 348 g/mol. The molecule has 1 fully saturated rings. The Morgan fingerprint density at radius 2 is 1.65 bits per heavy atom. The second-order valence-corrected chi connectivity index (χ2v) is 14.0. The molecule has 144 valence electrons. The van der Waals surface area contributed by atoms with Crippen molar-refractivity contribution in [1.82, 2.24) is 9.88 Å². The molecule has 1 aliphatic heterocycles. The first-order chi connectivity index (χ1) is 11.7. The molecule has 0 bridgehead atoms. The molecule has 0 radical (unpaired) electrons. The van der Waals surface area contributed by atoms with Gasteiger partial charge in [-0.2, -0.15) is 0 Å². The number of hydrogen-bond donors (Lipinski definition) is 0. The predicted octanol–water partition coefficient (Wildman–Crippen LogP) is 4.29. The van der Waals surface area contributed by atoms with Crippen LogP contribution in [0.4, 0.5) is 4.79 Å². The molecule has 2 rings (SSSR count). The normalized spacial score (nSPS) is 21.4. The Balaban J connectivity index is 2.32. The van der Waals surface area contributed by atoms with Gasteiger partial charge in [-0.25, -0.2) is 9.69 Å². The number of amides is 2. The van der Waals surface area contributed by atoms with Gasteiger partial charge in [0.15, 0.2) is 14.4 Å². The van der Waals surface area contributed by atoms with Crippen LogP contribution in [-0.2, 0) is 14.0 Å². The number of rotatable bonds is 3. The van der Waals surface area contributed by atoms with Crippen molar-refractivity contribution < 1.29 is 18.8 Å². The van der Waals surface area contributed by atoms with Crippen molar-refractivity contribution in [3.63, 3.8) is 0 Å². The van der Waals surface area contributed by atoms with E-state index in [1.54, 1.807) is 45.3 Å². The van der Waals surface area contributed by atoms with Crippen molar-refractivity contribution in [1.29, 1.82) is 0 Å². The van der Waals surface area contributed by atoms with Crippen LogP contribution in [0.3, 0.4) is 0 Å². The number of ether oxygens (including phenoxy) is 1. The van der Waals surface area contributed by atoms with E-state index < -0.39 is 32.2 Å². The van der Waals surface area contributed by atoms with Gasteiger partial charge in [-0.3, -0.25) is 9.78 Å². The zero-order chi connectivity index (χ0) is 19.9. The van der Waals surface area contributed by atoms with E-state index in [1.165, 1.54) is 4.90 Å². The Bertz CT molecular complexity index is 677. The van der Waals surface area contributed by atoms with Crippen LogP contribution in [0.2, 0.25) is 18.1 Å². The first-order valence-electron chi connectivity index (χ1n) is 8.88. The lowest BCUT2D eigenvalue weighted by molar-refractivity contribution is -0.162. The topological polar surface area (TPSA) is 68.7 Å². The lowest BCUT2D eigenvalue weighted by Crippen LogP contribution is -2.65. The third kappa shape index (κ3) is 4.15. The summed E-state index contributed by atoms with van der Waals surface area (Å²) in [5.74, 6) is -0.342. The number of aromatic nitrogens is 1. The van der Waals surface area contributed by atoms with E-state index in [1.807, 2.05) is 0 Å². The SMILES string of the molecule is CC(C)(C)OC(=O)N1C(=O)[C@H](O[Si](C)(C)C(C)(C)C)[C@@H]1c1ccncc1. The molecule has 0 aromatic carbocycles. The van der Waals surface area contributed by atoms with Gasteiger partial charge in [0.2, 0.25) is 0 Å². The Morgan fingerprint density at radius 3 is 2.12 bits per heavy atom. The van der Waals surface area contributed by atoms with Crippen molar-refractivity contribution in [3.8, 4) is 0 Å². The van der Waals surface area contributed by atoms with Crippen LogP contribution in [-0.4, -0.2) is 41.9 Å². The molecule has 1 saturated heterocycles. The van der Waals surface area contributed by atoms with Gasteiger partial charge in [-0.15, -0.1) is 0 Å². The van der Waals surface area contributed by atoms with Gasteiger partial charge in [0.05, 0.1) is 0 Å². The smallest absolute Gasteiger partial charge is 0.417 e. The minimum Gasteiger partial charge on any atom is -0.443 e. The third-order valence-electron chi connectivity index (χ3n) is 4.91. The van der Waals surface area contributed by atoms with E-state index in [0.717, 1.165) is 5.56 Å². The number of hydrogen-bond acceptors (Lipinski definition) is 5. The fourth-order valence-corrected chi connectivity index (χ4v) is 3.69. The lowest BCUT2D eigenvalue weighted by Gasteiger charge is -2.49. The summed E-state index contributed by atoms with van der Waals surface area (Å²) in [7, 11) is -2.18. The number of likely N-dealkylation sites (tertiary alicyclic amines) is 1. The van der Waals surface area contributed by atoms with Gasteiger partial charge < -0.3 is 9.16 Å². The zero-order valence-corrected chi connectivity index (χ0v) is 18.0. The maximum absolute atomic E-state index is 12.8. The molecule has 2 atom stereocenters.